The zero-order valence-electron chi connectivity index (χ0n) is 18.5. The van der Waals surface area contributed by atoms with Crippen LogP contribution in [0, 0.1) is 12.7 Å². The van der Waals surface area contributed by atoms with Gasteiger partial charge in [0.05, 0.1) is 24.1 Å². The summed E-state index contributed by atoms with van der Waals surface area (Å²) in [5.41, 5.74) is 2.83. The molecule has 34 heavy (non-hydrogen) atoms. The summed E-state index contributed by atoms with van der Waals surface area (Å²) >= 11 is 1.35. The Kier molecular flexibility index (Phi) is 7.49. The van der Waals surface area contributed by atoms with E-state index in [2.05, 4.69) is 10.3 Å². The normalized spacial score (nSPS) is 10.8. The van der Waals surface area contributed by atoms with Crippen molar-refractivity contribution >= 4 is 28.9 Å². The van der Waals surface area contributed by atoms with E-state index in [1.54, 1.807) is 35.7 Å². The molecule has 2 aromatic carbocycles. The molecule has 8 heteroatoms. The van der Waals surface area contributed by atoms with Crippen LogP contribution in [0.4, 0.5) is 10.1 Å². The first-order valence-corrected chi connectivity index (χ1v) is 11.6. The number of thiazole rings is 1. The van der Waals surface area contributed by atoms with Gasteiger partial charge in [0, 0.05) is 17.5 Å². The van der Waals surface area contributed by atoms with Crippen molar-refractivity contribution in [3.8, 4) is 11.3 Å². The Morgan fingerprint density at radius 3 is 2.68 bits per heavy atom. The fourth-order valence-corrected chi connectivity index (χ4v) is 4.02. The minimum Gasteiger partial charge on any atom is -0.461 e. The lowest BCUT2D eigenvalue weighted by molar-refractivity contribution is -0.145. The van der Waals surface area contributed by atoms with Crippen LogP contribution in [0.25, 0.3) is 11.3 Å². The van der Waals surface area contributed by atoms with Crippen molar-refractivity contribution < 1.29 is 23.1 Å². The summed E-state index contributed by atoms with van der Waals surface area (Å²) in [6.45, 7) is 2.02. The number of anilines is 1. The zero-order valence-corrected chi connectivity index (χ0v) is 19.4. The summed E-state index contributed by atoms with van der Waals surface area (Å²) in [5.74, 6) is 0.0807. The minimum absolute atomic E-state index is 0.0353. The molecule has 0 bridgehead atoms. The van der Waals surface area contributed by atoms with E-state index < -0.39 is 5.97 Å². The standard InChI is InChI=1S/C26H23FN2O4S/c1-17-6-8-18(9-7-17)28-24(30)14-25-29-19(16-34-25)15-32-26(31)13-11-20-10-12-23(33-20)21-4-2-3-5-22(21)27/h2-10,12,16H,11,13-15H2,1H3,(H,28,30). The lowest BCUT2D eigenvalue weighted by Gasteiger charge is -2.04. The van der Waals surface area contributed by atoms with Crippen LogP contribution < -0.4 is 5.32 Å². The van der Waals surface area contributed by atoms with E-state index >= 15 is 0 Å². The number of nitrogens with one attached hydrogen (secondary N) is 1. The predicted molar refractivity (Wildman–Crippen MR) is 128 cm³/mol. The van der Waals surface area contributed by atoms with Crippen LogP contribution in [0.3, 0.4) is 0 Å². The Hall–Kier alpha value is -3.78. The first-order chi connectivity index (χ1) is 16.5. The molecule has 6 nitrogen and oxygen atoms in total. The van der Waals surface area contributed by atoms with Gasteiger partial charge in [-0.25, -0.2) is 9.37 Å². The highest BCUT2D eigenvalue weighted by atomic mass is 32.1. The summed E-state index contributed by atoms with van der Waals surface area (Å²) in [6, 6.07) is 17.3. The van der Waals surface area contributed by atoms with Crippen molar-refractivity contribution in [2.24, 2.45) is 0 Å². The van der Waals surface area contributed by atoms with Gasteiger partial charge in [0.25, 0.3) is 0 Å². The maximum atomic E-state index is 13.9. The Morgan fingerprint density at radius 1 is 1.09 bits per heavy atom. The van der Waals surface area contributed by atoms with Crippen LogP contribution in [-0.2, 0) is 33.8 Å². The summed E-state index contributed by atoms with van der Waals surface area (Å²) < 4.78 is 24.8. The highest BCUT2D eigenvalue weighted by molar-refractivity contribution is 7.09. The van der Waals surface area contributed by atoms with Crippen LogP contribution >= 0.6 is 11.3 Å². The van der Waals surface area contributed by atoms with E-state index in [9.17, 15) is 14.0 Å². The van der Waals surface area contributed by atoms with Crippen molar-refractivity contribution in [1.82, 2.24) is 4.98 Å². The highest BCUT2D eigenvalue weighted by Gasteiger charge is 2.13. The lowest BCUT2D eigenvalue weighted by Crippen LogP contribution is -2.14. The minimum atomic E-state index is -0.393. The third kappa shape index (κ3) is 6.39. The molecule has 0 saturated carbocycles. The molecule has 4 aromatic rings. The third-order valence-corrected chi connectivity index (χ3v) is 5.90. The van der Waals surface area contributed by atoms with Crippen molar-refractivity contribution in [2.75, 3.05) is 5.32 Å². The number of furan rings is 1. The van der Waals surface area contributed by atoms with Crippen molar-refractivity contribution in [3.05, 3.63) is 93.9 Å². The van der Waals surface area contributed by atoms with E-state index in [0.29, 0.717) is 34.2 Å². The molecule has 0 aliphatic carbocycles. The van der Waals surface area contributed by atoms with Crippen molar-refractivity contribution in [1.29, 1.82) is 0 Å². The number of hydrogen-bond acceptors (Lipinski definition) is 6. The van der Waals surface area contributed by atoms with E-state index in [0.717, 1.165) is 11.3 Å². The summed E-state index contributed by atoms with van der Waals surface area (Å²) in [4.78, 5) is 28.7. The van der Waals surface area contributed by atoms with E-state index in [1.807, 2.05) is 31.2 Å². The topological polar surface area (TPSA) is 81.4 Å². The fraction of sp³-hybridized carbons (Fsp3) is 0.192. The van der Waals surface area contributed by atoms with Gasteiger partial charge in [-0.1, -0.05) is 29.8 Å². The van der Waals surface area contributed by atoms with E-state index in [-0.39, 0.29) is 31.2 Å². The first kappa shape index (κ1) is 23.4. The van der Waals surface area contributed by atoms with Gasteiger partial charge in [-0.05, 0) is 43.3 Å². The number of halogens is 1. The second-order valence-corrected chi connectivity index (χ2v) is 8.67. The molecule has 0 saturated heterocycles. The Bertz CT molecular complexity index is 1280. The predicted octanol–water partition coefficient (Wildman–Crippen LogP) is 5.71. The molecule has 0 radical (unpaired) electrons. The smallest absolute Gasteiger partial charge is 0.306 e. The number of esters is 1. The van der Waals surface area contributed by atoms with Gasteiger partial charge in [0.1, 0.15) is 29.0 Å². The summed E-state index contributed by atoms with van der Waals surface area (Å²) in [5, 5.41) is 5.26. The Morgan fingerprint density at radius 2 is 1.88 bits per heavy atom. The Labute approximate surface area is 200 Å². The molecule has 0 aliphatic heterocycles. The molecule has 1 N–H and O–H groups in total. The highest BCUT2D eigenvalue weighted by Crippen LogP contribution is 2.25. The van der Waals surface area contributed by atoms with Crippen LogP contribution in [-0.4, -0.2) is 16.9 Å². The molecule has 4 rings (SSSR count). The molecule has 1 amide bonds. The maximum Gasteiger partial charge on any atom is 0.306 e. The molecule has 0 fully saturated rings. The Balaban J connectivity index is 1.21. The van der Waals surface area contributed by atoms with Crippen LogP contribution in [0.2, 0.25) is 0 Å². The molecular weight excluding hydrogens is 455 g/mol. The molecule has 0 unspecified atom stereocenters. The van der Waals surface area contributed by atoms with Gasteiger partial charge in [-0.15, -0.1) is 11.3 Å². The van der Waals surface area contributed by atoms with Gasteiger partial charge in [-0.3, -0.25) is 9.59 Å². The summed E-state index contributed by atoms with van der Waals surface area (Å²) in [6.07, 6.45) is 0.615. The van der Waals surface area contributed by atoms with Crippen LogP contribution in [0.15, 0.2) is 70.5 Å². The second-order valence-electron chi connectivity index (χ2n) is 7.73. The maximum absolute atomic E-state index is 13.9. The zero-order chi connectivity index (χ0) is 23.9. The molecule has 2 aromatic heterocycles. The number of benzene rings is 2. The first-order valence-electron chi connectivity index (χ1n) is 10.8. The average Bonchev–Trinajstić information content (AvgIpc) is 3.48. The van der Waals surface area contributed by atoms with Crippen molar-refractivity contribution in [2.45, 2.75) is 32.8 Å². The molecule has 0 spiro atoms. The molecule has 0 atom stereocenters. The SMILES string of the molecule is Cc1ccc(NC(=O)Cc2nc(COC(=O)CCc3ccc(-c4ccccc4F)o3)cs2)cc1. The van der Waals surface area contributed by atoms with Crippen molar-refractivity contribution in [3.63, 3.8) is 0 Å². The monoisotopic (exact) mass is 478 g/mol. The molecule has 0 aliphatic rings. The lowest BCUT2D eigenvalue weighted by atomic mass is 10.1. The largest absolute Gasteiger partial charge is 0.461 e. The van der Waals surface area contributed by atoms with E-state index in [4.69, 9.17) is 9.15 Å². The third-order valence-electron chi connectivity index (χ3n) is 5.00. The summed E-state index contributed by atoms with van der Waals surface area (Å²) in [7, 11) is 0. The van der Waals surface area contributed by atoms with Gasteiger partial charge in [-0.2, -0.15) is 0 Å². The quantitative estimate of drug-likeness (QED) is 0.312. The van der Waals surface area contributed by atoms with Gasteiger partial charge < -0.3 is 14.5 Å². The number of aromatic nitrogens is 1. The van der Waals surface area contributed by atoms with Gasteiger partial charge >= 0.3 is 5.97 Å². The number of carbonyl (C=O) groups excluding carboxylic acids is 2. The fourth-order valence-electron chi connectivity index (χ4n) is 3.25. The number of hydrogen-bond donors (Lipinski definition) is 1. The number of nitrogens with zero attached hydrogens (tertiary/aromatic N) is 1. The number of ether oxygens (including phenoxy) is 1. The van der Waals surface area contributed by atoms with Gasteiger partial charge in [0.15, 0.2) is 0 Å². The molecule has 174 valence electrons. The number of aryl methyl sites for hydroxylation is 2. The van der Waals surface area contributed by atoms with Crippen LogP contribution in [0.1, 0.15) is 28.4 Å². The average molecular weight is 479 g/mol. The molecular formula is C26H23FN2O4S. The van der Waals surface area contributed by atoms with Crippen LogP contribution in [0.5, 0.6) is 0 Å². The number of carbonyl (C=O) groups is 2. The second kappa shape index (κ2) is 10.9. The van der Waals surface area contributed by atoms with Gasteiger partial charge in [0.2, 0.25) is 5.91 Å². The number of amides is 1. The van der Waals surface area contributed by atoms with E-state index in [1.165, 1.54) is 17.4 Å². The number of rotatable bonds is 9. The molecule has 2 heterocycles.